The van der Waals surface area contributed by atoms with Crippen LogP contribution in [0.15, 0.2) is 41.7 Å². The number of benzene rings is 1. The summed E-state index contributed by atoms with van der Waals surface area (Å²) in [6, 6.07) is 6.47. The molecule has 0 bridgehead atoms. The van der Waals surface area contributed by atoms with Gasteiger partial charge >= 0.3 is 0 Å². The highest BCUT2D eigenvalue weighted by molar-refractivity contribution is 5.79. The van der Waals surface area contributed by atoms with E-state index in [0.717, 1.165) is 17.1 Å². The summed E-state index contributed by atoms with van der Waals surface area (Å²) in [6.07, 6.45) is 3.78. The lowest BCUT2D eigenvalue weighted by Gasteiger charge is -2.21. The topological polar surface area (TPSA) is 88.6 Å². The van der Waals surface area contributed by atoms with Crippen molar-refractivity contribution in [3.05, 3.63) is 57.9 Å². The third kappa shape index (κ3) is 4.53. The number of aliphatic imine (C=N–C) groups is 1. The first kappa shape index (κ1) is 16.5. The van der Waals surface area contributed by atoms with Crippen LogP contribution in [0.3, 0.4) is 0 Å². The normalized spacial score (nSPS) is 11.3. The number of guanidine groups is 1. The highest BCUT2D eigenvalue weighted by Gasteiger charge is 2.09. The third-order valence-electron chi connectivity index (χ3n) is 3.35. The quantitative estimate of drug-likeness (QED) is 0.391. The molecular formula is C15H20N6O2. The molecule has 122 valence electrons. The summed E-state index contributed by atoms with van der Waals surface area (Å²) in [5, 5.41) is 18.0. The average molecular weight is 316 g/mol. The van der Waals surface area contributed by atoms with Crippen LogP contribution in [0.4, 0.5) is 5.69 Å². The van der Waals surface area contributed by atoms with Crippen LogP contribution >= 0.6 is 0 Å². The summed E-state index contributed by atoms with van der Waals surface area (Å²) in [5.41, 5.74) is 2.13. The van der Waals surface area contributed by atoms with E-state index >= 15 is 0 Å². The lowest BCUT2D eigenvalue weighted by atomic mass is 10.2. The Hall–Kier alpha value is -2.90. The number of hydrogen-bond donors (Lipinski definition) is 1. The summed E-state index contributed by atoms with van der Waals surface area (Å²) in [4.78, 5) is 16.5. The van der Waals surface area contributed by atoms with E-state index in [0.29, 0.717) is 13.1 Å². The maximum atomic E-state index is 10.6. The smallest absolute Gasteiger partial charge is 0.269 e. The van der Waals surface area contributed by atoms with Crippen molar-refractivity contribution in [1.82, 2.24) is 20.0 Å². The molecule has 0 saturated heterocycles. The molecule has 1 N–H and O–H groups in total. The first-order valence-electron chi connectivity index (χ1n) is 7.12. The largest absolute Gasteiger partial charge is 0.352 e. The zero-order chi connectivity index (χ0) is 16.8. The number of rotatable bonds is 5. The summed E-state index contributed by atoms with van der Waals surface area (Å²) in [7, 11) is 5.54. The van der Waals surface area contributed by atoms with Gasteiger partial charge in [0.05, 0.1) is 11.1 Å². The number of non-ortho nitro benzene ring substituents is 1. The maximum absolute atomic E-state index is 10.6. The van der Waals surface area contributed by atoms with Crippen LogP contribution in [-0.2, 0) is 20.1 Å². The molecule has 2 aromatic rings. The van der Waals surface area contributed by atoms with Crippen molar-refractivity contribution in [2.45, 2.75) is 13.1 Å². The lowest BCUT2D eigenvalue weighted by molar-refractivity contribution is -0.384. The maximum Gasteiger partial charge on any atom is 0.269 e. The number of nitrogens with one attached hydrogen (secondary N) is 1. The average Bonchev–Trinajstić information content (AvgIpc) is 2.93. The van der Waals surface area contributed by atoms with Crippen LogP contribution in [0.25, 0.3) is 0 Å². The van der Waals surface area contributed by atoms with Crippen molar-refractivity contribution in [2.75, 3.05) is 14.1 Å². The van der Waals surface area contributed by atoms with Crippen LogP contribution in [0.5, 0.6) is 0 Å². The first-order chi connectivity index (χ1) is 11.0. The fourth-order valence-electron chi connectivity index (χ4n) is 2.20. The molecule has 0 aliphatic carbocycles. The van der Waals surface area contributed by atoms with Crippen molar-refractivity contribution in [2.24, 2.45) is 12.0 Å². The molecule has 0 fully saturated rings. The van der Waals surface area contributed by atoms with Gasteiger partial charge in [0.1, 0.15) is 0 Å². The molecule has 1 aromatic carbocycles. The van der Waals surface area contributed by atoms with Gasteiger partial charge in [0.2, 0.25) is 0 Å². The van der Waals surface area contributed by atoms with E-state index in [2.05, 4.69) is 15.4 Å². The number of aryl methyl sites for hydroxylation is 1. The van der Waals surface area contributed by atoms with Crippen molar-refractivity contribution in [3.63, 3.8) is 0 Å². The van der Waals surface area contributed by atoms with Gasteiger partial charge in [0, 0.05) is 58.1 Å². The summed E-state index contributed by atoms with van der Waals surface area (Å²) >= 11 is 0. The SMILES string of the molecule is CN=C(NCc1ccc([N+](=O)[O-])cc1)N(C)Cc1cnn(C)c1. The molecule has 8 heteroatoms. The highest BCUT2D eigenvalue weighted by atomic mass is 16.6. The van der Waals surface area contributed by atoms with Gasteiger partial charge in [0.15, 0.2) is 5.96 Å². The van der Waals surface area contributed by atoms with Gasteiger partial charge in [0.25, 0.3) is 5.69 Å². The summed E-state index contributed by atoms with van der Waals surface area (Å²) < 4.78 is 1.76. The van der Waals surface area contributed by atoms with Crippen LogP contribution in [0.1, 0.15) is 11.1 Å². The van der Waals surface area contributed by atoms with Crippen molar-refractivity contribution >= 4 is 11.6 Å². The minimum atomic E-state index is -0.405. The Morgan fingerprint density at radius 2 is 2.09 bits per heavy atom. The number of nitro groups is 1. The molecule has 0 aliphatic rings. The Labute approximate surface area is 134 Å². The fraction of sp³-hybridized carbons (Fsp3) is 0.333. The minimum Gasteiger partial charge on any atom is -0.352 e. The van der Waals surface area contributed by atoms with Gasteiger partial charge in [-0.25, -0.2) is 0 Å². The van der Waals surface area contributed by atoms with Gasteiger partial charge in [-0.3, -0.25) is 19.8 Å². The predicted octanol–water partition coefficient (Wildman–Crippen LogP) is 1.54. The van der Waals surface area contributed by atoms with Crippen LogP contribution in [0, 0.1) is 10.1 Å². The second-order valence-corrected chi connectivity index (χ2v) is 5.20. The highest BCUT2D eigenvalue weighted by Crippen LogP contribution is 2.11. The molecule has 0 saturated carbocycles. The lowest BCUT2D eigenvalue weighted by Crippen LogP contribution is -2.37. The van der Waals surface area contributed by atoms with Gasteiger partial charge in [-0.2, -0.15) is 5.10 Å². The fourth-order valence-corrected chi connectivity index (χ4v) is 2.20. The van der Waals surface area contributed by atoms with Crippen molar-refractivity contribution < 1.29 is 4.92 Å². The second-order valence-electron chi connectivity index (χ2n) is 5.20. The Kier molecular flexibility index (Phi) is 5.29. The molecule has 23 heavy (non-hydrogen) atoms. The molecule has 1 aromatic heterocycles. The monoisotopic (exact) mass is 316 g/mol. The zero-order valence-electron chi connectivity index (χ0n) is 13.4. The molecule has 0 radical (unpaired) electrons. The van der Waals surface area contributed by atoms with Crippen molar-refractivity contribution in [1.29, 1.82) is 0 Å². The van der Waals surface area contributed by atoms with Crippen LogP contribution in [0.2, 0.25) is 0 Å². The van der Waals surface area contributed by atoms with Gasteiger partial charge in [-0.1, -0.05) is 12.1 Å². The first-order valence-corrected chi connectivity index (χ1v) is 7.12. The minimum absolute atomic E-state index is 0.0897. The van der Waals surface area contributed by atoms with E-state index < -0.39 is 4.92 Å². The van der Waals surface area contributed by atoms with Crippen LogP contribution < -0.4 is 5.32 Å². The molecular weight excluding hydrogens is 296 g/mol. The van der Waals surface area contributed by atoms with E-state index in [9.17, 15) is 10.1 Å². The molecule has 8 nitrogen and oxygen atoms in total. The molecule has 0 atom stereocenters. The van der Waals surface area contributed by atoms with Gasteiger partial charge in [-0.05, 0) is 5.56 Å². The predicted molar refractivity (Wildman–Crippen MR) is 88.0 cm³/mol. The van der Waals surface area contributed by atoms with Gasteiger partial charge in [-0.15, -0.1) is 0 Å². The Bertz CT molecular complexity index is 692. The second kappa shape index (κ2) is 7.39. The summed E-state index contributed by atoms with van der Waals surface area (Å²) in [5.74, 6) is 0.743. The molecule has 0 amide bonds. The van der Waals surface area contributed by atoms with E-state index in [1.807, 2.05) is 31.4 Å². The molecule has 0 spiro atoms. The Morgan fingerprint density at radius 1 is 1.39 bits per heavy atom. The van der Waals surface area contributed by atoms with E-state index in [4.69, 9.17) is 0 Å². The van der Waals surface area contributed by atoms with Crippen molar-refractivity contribution in [3.8, 4) is 0 Å². The number of nitrogens with zero attached hydrogens (tertiary/aromatic N) is 5. The standard InChI is InChI=1S/C15H20N6O2/c1-16-15(19(2)10-13-9-18-20(3)11-13)17-8-12-4-6-14(7-5-12)21(22)23/h4-7,9,11H,8,10H2,1-3H3,(H,16,17). The molecule has 1 heterocycles. The third-order valence-corrected chi connectivity index (χ3v) is 3.35. The molecule has 0 aliphatic heterocycles. The number of hydrogen-bond acceptors (Lipinski definition) is 4. The number of aromatic nitrogens is 2. The van der Waals surface area contributed by atoms with E-state index in [-0.39, 0.29) is 5.69 Å². The van der Waals surface area contributed by atoms with E-state index in [1.54, 1.807) is 23.9 Å². The Morgan fingerprint density at radius 3 is 2.61 bits per heavy atom. The zero-order valence-corrected chi connectivity index (χ0v) is 13.4. The Balaban J connectivity index is 1.92. The summed E-state index contributed by atoms with van der Waals surface area (Å²) in [6.45, 7) is 1.23. The van der Waals surface area contributed by atoms with E-state index in [1.165, 1.54) is 12.1 Å². The van der Waals surface area contributed by atoms with Gasteiger partial charge < -0.3 is 10.2 Å². The van der Waals surface area contributed by atoms with Crippen LogP contribution in [-0.4, -0.2) is 39.7 Å². The molecule has 2 rings (SSSR count). The molecule has 0 unspecified atom stereocenters. The number of nitro benzene ring substituents is 1.